The van der Waals surface area contributed by atoms with Crippen LogP contribution in [0.2, 0.25) is 0 Å². The number of quaternary nitrogens is 2. The molecule has 0 aliphatic rings. The second-order valence-corrected chi connectivity index (χ2v) is 8.15. The SMILES string of the molecule is CCCCCCCC[N+](C)(C)C.CCCC[N+](C)(C)C. The Kier molecular flexibility index (Phi) is 14.0. The molecule has 0 amide bonds. The predicted octanol–water partition coefficient (Wildman–Crippen LogP) is 4.55. The molecular weight excluding hydrogens is 244 g/mol. The Morgan fingerprint density at radius 3 is 1.15 bits per heavy atom. The Morgan fingerprint density at radius 2 is 0.800 bits per heavy atom. The molecule has 0 heterocycles. The van der Waals surface area contributed by atoms with Crippen LogP contribution >= 0.6 is 0 Å². The van der Waals surface area contributed by atoms with Crippen molar-refractivity contribution < 1.29 is 8.97 Å². The quantitative estimate of drug-likeness (QED) is 0.409. The molecule has 0 bridgehead atoms. The number of nitrogens with zero attached hydrogens (tertiary/aromatic N) is 2. The van der Waals surface area contributed by atoms with Crippen LogP contribution in [-0.4, -0.2) is 64.3 Å². The lowest BCUT2D eigenvalue weighted by molar-refractivity contribution is -0.870. The molecule has 2 heteroatoms. The van der Waals surface area contributed by atoms with Crippen LogP contribution in [0.25, 0.3) is 0 Å². The third-order valence-corrected chi connectivity index (χ3v) is 3.36. The first kappa shape index (κ1) is 22.2. The second kappa shape index (κ2) is 12.6. The number of hydrogen-bond donors (Lipinski definition) is 0. The molecule has 0 fully saturated rings. The zero-order chi connectivity index (χ0) is 16.1. The molecule has 0 aromatic rings. The Morgan fingerprint density at radius 1 is 0.450 bits per heavy atom. The van der Waals surface area contributed by atoms with E-state index in [9.17, 15) is 0 Å². The van der Waals surface area contributed by atoms with Gasteiger partial charge in [0.05, 0.1) is 55.4 Å². The van der Waals surface area contributed by atoms with Gasteiger partial charge in [-0.05, 0) is 19.3 Å². The molecule has 0 rings (SSSR count). The van der Waals surface area contributed by atoms with Crippen molar-refractivity contribution in [1.29, 1.82) is 0 Å². The molecule has 0 aliphatic heterocycles. The summed E-state index contributed by atoms with van der Waals surface area (Å²) in [6, 6.07) is 0. The van der Waals surface area contributed by atoms with Crippen molar-refractivity contribution in [3.8, 4) is 0 Å². The first-order valence-electron chi connectivity index (χ1n) is 8.73. The van der Waals surface area contributed by atoms with Crippen molar-refractivity contribution in [2.45, 2.75) is 65.2 Å². The van der Waals surface area contributed by atoms with Gasteiger partial charge in [0.1, 0.15) is 0 Å². The minimum atomic E-state index is 1.10. The van der Waals surface area contributed by atoms with Gasteiger partial charge in [-0.15, -0.1) is 0 Å². The third-order valence-electron chi connectivity index (χ3n) is 3.36. The number of rotatable bonds is 10. The van der Waals surface area contributed by atoms with Crippen LogP contribution in [0.3, 0.4) is 0 Å². The number of unbranched alkanes of at least 4 members (excludes halogenated alkanes) is 6. The molecule has 2 nitrogen and oxygen atoms in total. The van der Waals surface area contributed by atoms with Crippen molar-refractivity contribution in [3.63, 3.8) is 0 Å². The van der Waals surface area contributed by atoms with E-state index in [0.717, 1.165) is 8.97 Å². The highest BCUT2D eigenvalue weighted by Crippen LogP contribution is 2.06. The number of hydrogen-bond acceptors (Lipinski definition) is 0. The van der Waals surface area contributed by atoms with Gasteiger partial charge >= 0.3 is 0 Å². The Labute approximate surface area is 130 Å². The average molecular weight is 289 g/mol. The molecule has 0 atom stereocenters. The summed E-state index contributed by atoms with van der Waals surface area (Å²) in [6.45, 7) is 7.13. The fourth-order valence-corrected chi connectivity index (χ4v) is 2.00. The van der Waals surface area contributed by atoms with Crippen molar-refractivity contribution >= 4 is 0 Å². The molecule has 0 spiro atoms. The molecule has 124 valence electrons. The predicted molar refractivity (Wildman–Crippen MR) is 94.1 cm³/mol. The Hall–Kier alpha value is -0.0800. The molecule has 20 heavy (non-hydrogen) atoms. The maximum absolute atomic E-state index is 2.27. The zero-order valence-corrected chi connectivity index (χ0v) is 16.0. The smallest absolute Gasteiger partial charge is 0.0780 e. The van der Waals surface area contributed by atoms with Gasteiger partial charge < -0.3 is 8.97 Å². The lowest BCUT2D eigenvalue weighted by Gasteiger charge is -2.23. The van der Waals surface area contributed by atoms with E-state index in [2.05, 4.69) is 56.1 Å². The second-order valence-electron chi connectivity index (χ2n) is 8.15. The maximum atomic E-state index is 2.27. The van der Waals surface area contributed by atoms with Crippen LogP contribution in [0.1, 0.15) is 65.2 Å². The van der Waals surface area contributed by atoms with Crippen molar-refractivity contribution in [1.82, 2.24) is 0 Å². The van der Waals surface area contributed by atoms with Gasteiger partial charge in [-0.2, -0.15) is 0 Å². The van der Waals surface area contributed by atoms with Crippen molar-refractivity contribution in [3.05, 3.63) is 0 Å². The first-order valence-corrected chi connectivity index (χ1v) is 8.73. The van der Waals surface area contributed by atoms with Crippen LogP contribution in [0.4, 0.5) is 0 Å². The van der Waals surface area contributed by atoms with Gasteiger partial charge in [-0.25, -0.2) is 0 Å². The van der Waals surface area contributed by atoms with Crippen molar-refractivity contribution in [2.75, 3.05) is 55.4 Å². The highest BCUT2D eigenvalue weighted by Gasteiger charge is 2.04. The summed E-state index contributed by atoms with van der Waals surface area (Å²) in [5.74, 6) is 0. The minimum absolute atomic E-state index is 1.10. The van der Waals surface area contributed by atoms with E-state index in [4.69, 9.17) is 0 Å². The van der Waals surface area contributed by atoms with Crippen LogP contribution in [0.15, 0.2) is 0 Å². The fraction of sp³-hybridized carbons (Fsp3) is 1.00. The Balaban J connectivity index is 0. The van der Waals surface area contributed by atoms with E-state index in [1.165, 1.54) is 64.5 Å². The van der Waals surface area contributed by atoms with Gasteiger partial charge in [-0.1, -0.05) is 46.0 Å². The average Bonchev–Trinajstić information content (AvgIpc) is 2.29. The standard InChI is InChI=1S/C11H26N.C7H18N/c1-5-6-7-8-9-10-11-12(2,3)4;1-5-6-7-8(2,3)4/h5-11H2,1-4H3;5-7H2,1-4H3/q2*+1. The van der Waals surface area contributed by atoms with Gasteiger partial charge in [0.25, 0.3) is 0 Å². The summed E-state index contributed by atoms with van der Waals surface area (Å²) in [7, 11) is 13.5. The Bertz CT molecular complexity index is 187. The summed E-state index contributed by atoms with van der Waals surface area (Å²) >= 11 is 0. The molecule has 0 radical (unpaired) electrons. The maximum Gasteiger partial charge on any atom is 0.0780 e. The lowest BCUT2D eigenvalue weighted by Crippen LogP contribution is -2.35. The summed E-state index contributed by atoms with van der Waals surface area (Å²) in [5, 5.41) is 0. The summed E-state index contributed by atoms with van der Waals surface area (Å²) < 4.78 is 2.22. The molecule has 0 saturated heterocycles. The molecule has 0 aliphatic carbocycles. The molecule has 0 aromatic carbocycles. The monoisotopic (exact) mass is 288 g/mol. The zero-order valence-electron chi connectivity index (χ0n) is 16.0. The summed E-state index contributed by atoms with van der Waals surface area (Å²) in [4.78, 5) is 0. The highest BCUT2D eigenvalue weighted by molar-refractivity contribution is 4.42. The largest absolute Gasteiger partial charge is 0.331 e. The normalized spacial score (nSPS) is 12.0. The fourth-order valence-electron chi connectivity index (χ4n) is 2.00. The lowest BCUT2D eigenvalue weighted by atomic mass is 10.1. The summed E-state index contributed by atoms with van der Waals surface area (Å²) in [5.41, 5.74) is 0. The van der Waals surface area contributed by atoms with Gasteiger partial charge in [-0.3, -0.25) is 0 Å². The van der Waals surface area contributed by atoms with Gasteiger partial charge in [0, 0.05) is 0 Å². The molecule has 0 N–H and O–H groups in total. The van der Waals surface area contributed by atoms with Crippen molar-refractivity contribution in [2.24, 2.45) is 0 Å². The first-order chi connectivity index (χ1) is 9.12. The van der Waals surface area contributed by atoms with Crippen LogP contribution in [0.5, 0.6) is 0 Å². The molecule has 0 saturated carbocycles. The topological polar surface area (TPSA) is 0 Å². The van der Waals surface area contributed by atoms with E-state index in [0.29, 0.717) is 0 Å². The van der Waals surface area contributed by atoms with Gasteiger partial charge in [0.2, 0.25) is 0 Å². The van der Waals surface area contributed by atoms with Crippen LogP contribution in [-0.2, 0) is 0 Å². The van der Waals surface area contributed by atoms with Crippen LogP contribution < -0.4 is 0 Å². The van der Waals surface area contributed by atoms with Crippen LogP contribution in [0, 0.1) is 0 Å². The minimum Gasteiger partial charge on any atom is -0.331 e. The summed E-state index contributed by atoms with van der Waals surface area (Å²) in [6.07, 6.45) is 11.1. The molecule has 0 unspecified atom stereocenters. The van der Waals surface area contributed by atoms with E-state index in [-0.39, 0.29) is 0 Å². The van der Waals surface area contributed by atoms with E-state index >= 15 is 0 Å². The highest BCUT2D eigenvalue weighted by atomic mass is 15.3. The van der Waals surface area contributed by atoms with E-state index in [1.54, 1.807) is 0 Å². The molecule has 0 aromatic heterocycles. The third kappa shape index (κ3) is 26.5. The van der Waals surface area contributed by atoms with E-state index < -0.39 is 0 Å². The van der Waals surface area contributed by atoms with Gasteiger partial charge in [0.15, 0.2) is 0 Å². The molecular formula is C18H44N2+2. The van der Waals surface area contributed by atoms with E-state index in [1.807, 2.05) is 0 Å².